The van der Waals surface area contributed by atoms with Crippen molar-refractivity contribution in [1.29, 1.82) is 0 Å². The molecular formula is C18H21N5O7. The van der Waals surface area contributed by atoms with Gasteiger partial charge in [-0.3, -0.25) is 15.0 Å². The van der Waals surface area contributed by atoms with Crippen LogP contribution in [-0.4, -0.2) is 54.0 Å². The van der Waals surface area contributed by atoms with Crippen molar-refractivity contribution in [3.05, 3.63) is 39.9 Å². The summed E-state index contributed by atoms with van der Waals surface area (Å²) in [6.45, 7) is 2.53. The van der Waals surface area contributed by atoms with Crippen LogP contribution in [0.25, 0.3) is 0 Å². The van der Waals surface area contributed by atoms with Gasteiger partial charge in [-0.15, -0.1) is 0 Å². The Kier molecular flexibility index (Phi) is 6.80. The lowest BCUT2D eigenvalue weighted by Crippen LogP contribution is -2.33. The fourth-order valence-corrected chi connectivity index (χ4v) is 2.72. The largest absolute Gasteiger partial charge is 0.491 e. The summed E-state index contributed by atoms with van der Waals surface area (Å²) < 4.78 is 21.5. The molecule has 30 heavy (non-hydrogen) atoms. The van der Waals surface area contributed by atoms with Crippen molar-refractivity contribution >= 4 is 23.4 Å². The number of nitrogens with zero attached hydrogens (tertiary/aromatic N) is 4. The van der Waals surface area contributed by atoms with Crippen LogP contribution in [0.4, 0.5) is 22.1 Å². The summed E-state index contributed by atoms with van der Waals surface area (Å²) in [5.74, 6) is -0.205. The number of carbonyl (C=O) groups is 1. The first-order valence-electron chi connectivity index (χ1n) is 9.18. The summed E-state index contributed by atoms with van der Waals surface area (Å²) in [6, 6.07) is 6.72. The predicted octanol–water partition coefficient (Wildman–Crippen LogP) is 1.92. The van der Waals surface area contributed by atoms with Gasteiger partial charge in [0.05, 0.1) is 31.3 Å². The Morgan fingerprint density at radius 3 is 2.77 bits per heavy atom. The van der Waals surface area contributed by atoms with E-state index < -0.39 is 22.5 Å². The van der Waals surface area contributed by atoms with Gasteiger partial charge >= 0.3 is 17.8 Å². The van der Waals surface area contributed by atoms with E-state index in [-0.39, 0.29) is 38.2 Å². The number of hydrogen-bond donors (Lipinski definition) is 1. The van der Waals surface area contributed by atoms with Crippen LogP contribution in [0.5, 0.6) is 11.8 Å². The molecule has 4 bridgehead atoms. The van der Waals surface area contributed by atoms with Crippen LogP contribution >= 0.6 is 0 Å². The molecule has 1 aromatic carbocycles. The Balaban J connectivity index is 2.11. The third kappa shape index (κ3) is 5.03. The second-order valence-corrected chi connectivity index (χ2v) is 6.06. The smallest absolute Gasteiger partial charge is 0.415 e. The van der Waals surface area contributed by atoms with Crippen molar-refractivity contribution in [1.82, 2.24) is 9.97 Å². The minimum Gasteiger partial charge on any atom is -0.491 e. The number of nitrogen functional groups attached to an aromatic ring is 1. The monoisotopic (exact) mass is 419 g/mol. The number of ether oxygens (including phenoxy) is 4. The third-order valence-corrected chi connectivity index (χ3v) is 3.99. The maximum absolute atomic E-state index is 12.7. The molecule has 0 atom stereocenters. The number of carbonyl (C=O) groups excluding carboxylic acids is 1. The molecule has 0 saturated heterocycles. The lowest BCUT2D eigenvalue weighted by atomic mass is 10.2. The van der Waals surface area contributed by atoms with Crippen molar-refractivity contribution in [3.63, 3.8) is 0 Å². The van der Waals surface area contributed by atoms with Crippen LogP contribution in [0.2, 0.25) is 0 Å². The van der Waals surface area contributed by atoms with Crippen LogP contribution in [0, 0.1) is 10.1 Å². The Labute approximate surface area is 171 Å². The van der Waals surface area contributed by atoms with E-state index in [0.29, 0.717) is 24.5 Å². The lowest BCUT2D eigenvalue weighted by Gasteiger charge is -2.21. The Hall–Kier alpha value is -3.67. The predicted molar refractivity (Wildman–Crippen MR) is 105 cm³/mol. The average Bonchev–Trinajstić information content (AvgIpc) is 2.70. The molecule has 0 fully saturated rings. The Bertz CT molecular complexity index is 924. The van der Waals surface area contributed by atoms with Gasteiger partial charge in [-0.25, -0.2) is 4.79 Å². The second kappa shape index (κ2) is 9.69. The average molecular weight is 419 g/mol. The second-order valence-electron chi connectivity index (χ2n) is 6.06. The molecule has 0 saturated carbocycles. The van der Waals surface area contributed by atoms with Gasteiger partial charge in [-0.2, -0.15) is 9.97 Å². The minimum atomic E-state index is -0.830. The molecule has 1 amide bonds. The zero-order valence-electron chi connectivity index (χ0n) is 16.3. The van der Waals surface area contributed by atoms with Gasteiger partial charge in [0.1, 0.15) is 19.0 Å². The van der Waals surface area contributed by atoms with Crippen molar-refractivity contribution in [2.45, 2.75) is 13.5 Å². The normalized spacial score (nSPS) is 14.5. The first kappa shape index (κ1) is 21.0. The van der Waals surface area contributed by atoms with E-state index in [1.54, 1.807) is 31.2 Å². The van der Waals surface area contributed by atoms with E-state index >= 15 is 0 Å². The van der Waals surface area contributed by atoms with Crippen molar-refractivity contribution in [3.8, 4) is 11.8 Å². The van der Waals surface area contributed by atoms with E-state index in [1.807, 2.05) is 0 Å². The maximum Gasteiger partial charge on any atom is 0.415 e. The fraction of sp³-hybridized carbons (Fsp3) is 0.389. The molecule has 1 aliphatic heterocycles. The molecule has 1 aromatic heterocycles. The standard InChI is InChI=1S/C18H21N5O7/c1-2-28-18(24)22-11-12-4-3-5-13(10-12)29-8-6-27-7-9-30-17-20-15(19)14(23(25)26)16(22)21-17/h3-5,10H,2,6-9,11H2,1H3,(H2,19,20,21). The zero-order valence-corrected chi connectivity index (χ0v) is 16.3. The van der Waals surface area contributed by atoms with E-state index in [9.17, 15) is 14.9 Å². The molecule has 12 heteroatoms. The number of fused-ring (bicyclic) bond motifs is 4. The van der Waals surface area contributed by atoms with Crippen molar-refractivity contribution < 1.29 is 28.7 Å². The van der Waals surface area contributed by atoms with Gasteiger partial charge in [0.2, 0.25) is 11.6 Å². The molecule has 1 aliphatic rings. The molecule has 12 nitrogen and oxygen atoms in total. The minimum absolute atomic E-state index is 0.0630. The number of rotatable bonds is 2. The highest BCUT2D eigenvalue weighted by Crippen LogP contribution is 2.34. The molecular weight excluding hydrogens is 398 g/mol. The number of aromatic nitrogens is 2. The number of amides is 1. The van der Waals surface area contributed by atoms with Gasteiger partial charge in [0.25, 0.3) is 0 Å². The van der Waals surface area contributed by atoms with Gasteiger partial charge in [-0.05, 0) is 24.6 Å². The fourth-order valence-electron chi connectivity index (χ4n) is 2.72. The molecule has 160 valence electrons. The third-order valence-electron chi connectivity index (χ3n) is 3.99. The molecule has 0 unspecified atom stereocenters. The van der Waals surface area contributed by atoms with Crippen LogP contribution in [-0.2, 0) is 16.0 Å². The Morgan fingerprint density at radius 1 is 1.27 bits per heavy atom. The summed E-state index contributed by atoms with van der Waals surface area (Å²) >= 11 is 0. The SMILES string of the molecule is CCOC(=O)N1Cc2cccc(c2)OCCOCCOc2nc(N)c([N+](=O)[O-])c1n2. The number of hydrogen-bond acceptors (Lipinski definition) is 10. The molecule has 0 aliphatic carbocycles. The highest BCUT2D eigenvalue weighted by molar-refractivity contribution is 5.90. The van der Waals surface area contributed by atoms with Gasteiger partial charge in [-0.1, -0.05) is 12.1 Å². The number of nitro groups is 1. The molecule has 3 rings (SSSR count). The van der Waals surface area contributed by atoms with Gasteiger partial charge in [0, 0.05) is 0 Å². The zero-order chi connectivity index (χ0) is 21.5. The number of anilines is 2. The topological polar surface area (TPSA) is 152 Å². The molecule has 0 radical (unpaired) electrons. The molecule has 2 N–H and O–H groups in total. The lowest BCUT2D eigenvalue weighted by molar-refractivity contribution is -0.383. The highest BCUT2D eigenvalue weighted by Gasteiger charge is 2.32. The first-order valence-corrected chi connectivity index (χ1v) is 9.18. The number of benzene rings is 1. The van der Waals surface area contributed by atoms with Crippen LogP contribution < -0.4 is 20.1 Å². The summed E-state index contributed by atoms with van der Waals surface area (Å²) in [5, 5.41) is 11.6. The van der Waals surface area contributed by atoms with E-state index in [2.05, 4.69) is 9.97 Å². The number of nitrogens with two attached hydrogens (primary N) is 1. The molecule has 2 aromatic rings. The van der Waals surface area contributed by atoms with E-state index in [0.717, 1.165) is 4.90 Å². The summed E-state index contributed by atoms with van der Waals surface area (Å²) in [4.78, 5) is 32.5. The van der Waals surface area contributed by atoms with Crippen LogP contribution in [0.3, 0.4) is 0 Å². The first-order chi connectivity index (χ1) is 14.5. The summed E-state index contributed by atoms with van der Waals surface area (Å²) in [7, 11) is 0. The summed E-state index contributed by atoms with van der Waals surface area (Å²) in [6.07, 6.45) is -0.830. The van der Waals surface area contributed by atoms with Crippen molar-refractivity contribution in [2.75, 3.05) is 43.7 Å². The molecule has 2 heterocycles. The van der Waals surface area contributed by atoms with E-state index in [1.165, 1.54) is 0 Å². The molecule has 0 spiro atoms. The summed E-state index contributed by atoms with van der Waals surface area (Å²) in [5.41, 5.74) is 5.80. The highest BCUT2D eigenvalue weighted by atomic mass is 16.6. The van der Waals surface area contributed by atoms with E-state index in [4.69, 9.17) is 24.7 Å². The van der Waals surface area contributed by atoms with Gasteiger partial charge < -0.3 is 24.7 Å². The maximum atomic E-state index is 12.7. The van der Waals surface area contributed by atoms with Gasteiger partial charge in [0.15, 0.2) is 0 Å². The van der Waals surface area contributed by atoms with Crippen LogP contribution in [0.15, 0.2) is 24.3 Å². The Morgan fingerprint density at radius 2 is 2.03 bits per heavy atom. The van der Waals surface area contributed by atoms with Crippen molar-refractivity contribution in [2.24, 2.45) is 0 Å². The van der Waals surface area contributed by atoms with Crippen LogP contribution in [0.1, 0.15) is 12.5 Å². The quantitative estimate of drug-likeness (QED) is 0.564.